The van der Waals surface area contributed by atoms with Gasteiger partial charge in [-0.05, 0) is 25.1 Å². The summed E-state index contributed by atoms with van der Waals surface area (Å²) in [6, 6.07) is 9.68. The Morgan fingerprint density at radius 3 is 2.57 bits per heavy atom. The van der Waals surface area contributed by atoms with Crippen LogP contribution in [0.2, 0.25) is 0 Å². The van der Waals surface area contributed by atoms with Gasteiger partial charge in [-0.25, -0.2) is 0 Å². The standard InChI is InChI=1S/C12H13NO/c1-2-6-12(14)9-10-13-11-7-4-3-5-8-11/h2-10,13H,1H3/b6-2+,10-9+. The van der Waals surface area contributed by atoms with E-state index in [2.05, 4.69) is 5.32 Å². The maximum Gasteiger partial charge on any atom is 0.179 e. The van der Waals surface area contributed by atoms with Gasteiger partial charge < -0.3 is 5.32 Å². The Balaban J connectivity index is 2.45. The molecule has 0 saturated heterocycles. The largest absolute Gasteiger partial charge is 0.362 e. The molecule has 1 N–H and O–H groups in total. The molecule has 0 fully saturated rings. The maximum atomic E-state index is 11.0. The molecular formula is C12H13NO. The van der Waals surface area contributed by atoms with Crippen molar-refractivity contribution in [2.45, 2.75) is 6.92 Å². The Kier molecular flexibility index (Phi) is 4.21. The lowest BCUT2D eigenvalue weighted by atomic mass is 10.3. The number of para-hydroxylation sites is 1. The highest BCUT2D eigenvalue weighted by Crippen LogP contribution is 2.04. The van der Waals surface area contributed by atoms with Gasteiger partial charge >= 0.3 is 0 Å². The molecule has 0 heterocycles. The van der Waals surface area contributed by atoms with Crippen molar-refractivity contribution in [2.75, 3.05) is 5.32 Å². The molecule has 0 bridgehead atoms. The number of anilines is 1. The first-order chi connectivity index (χ1) is 6.83. The third kappa shape index (κ3) is 3.72. The van der Waals surface area contributed by atoms with Crippen molar-refractivity contribution in [2.24, 2.45) is 0 Å². The van der Waals surface area contributed by atoms with Gasteiger partial charge in [0.15, 0.2) is 5.78 Å². The molecule has 1 rings (SSSR count). The lowest BCUT2D eigenvalue weighted by Gasteiger charge is -1.97. The molecule has 72 valence electrons. The first-order valence-corrected chi connectivity index (χ1v) is 4.47. The third-order valence-electron chi connectivity index (χ3n) is 1.60. The molecule has 0 aliphatic heterocycles. The van der Waals surface area contributed by atoms with Crippen LogP contribution in [0.1, 0.15) is 6.92 Å². The number of hydrogen-bond donors (Lipinski definition) is 1. The summed E-state index contributed by atoms with van der Waals surface area (Å²) in [5, 5.41) is 3.00. The molecule has 14 heavy (non-hydrogen) atoms. The molecule has 0 unspecified atom stereocenters. The Hall–Kier alpha value is -1.83. The van der Waals surface area contributed by atoms with Crippen LogP contribution in [-0.2, 0) is 4.79 Å². The van der Waals surface area contributed by atoms with Gasteiger partial charge in [0.1, 0.15) is 0 Å². The minimum Gasteiger partial charge on any atom is -0.362 e. The summed E-state index contributed by atoms with van der Waals surface area (Å²) in [4.78, 5) is 11.0. The monoisotopic (exact) mass is 187 g/mol. The Bertz CT molecular complexity index is 339. The number of nitrogens with one attached hydrogen (secondary N) is 1. The van der Waals surface area contributed by atoms with E-state index in [1.54, 1.807) is 12.3 Å². The molecule has 0 aliphatic carbocycles. The Morgan fingerprint density at radius 2 is 1.93 bits per heavy atom. The second-order valence-corrected chi connectivity index (χ2v) is 2.75. The predicted octanol–water partition coefficient (Wildman–Crippen LogP) is 2.76. The summed E-state index contributed by atoms with van der Waals surface area (Å²) in [5.41, 5.74) is 0.969. The Labute approximate surface area is 84.0 Å². The number of carbonyl (C=O) groups excluding carboxylic acids is 1. The average molecular weight is 187 g/mol. The summed E-state index contributed by atoms with van der Waals surface area (Å²) in [5.74, 6) is -0.0177. The second kappa shape index (κ2) is 5.75. The van der Waals surface area contributed by atoms with Crippen molar-refractivity contribution in [3.8, 4) is 0 Å². The highest BCUT2D eigenvalue weighted by atomic mass is 16.1. The number of benzene rings is 1. The third-order valence-corrected chi connectivity index (χ3v) is 1.60. The van der Waals surface area contributed by atoms with Gasteiger partial charge in [0.05, 0.1) is 0 Å². The van der Waals surface area contributed by atoms with Gasteiger partial charge in [-0.3, -0.25) is 4.79 Å². The molecule has 0 aliphatic rings. The van der Waals surface area contributed by atoms with Crippen molar-refractivity contribution in [1.82, 2.24) is 0 Å². The number of carbonyl (C=O) groups is 1. The van der Waals surface area contributed by atoms with Crippen molar-refractivity contribution in [1.29, 1.82) is 0 Å². The van der Waals surface area contributed by atoms with Gasteiger partial charge in [-0.15, -0.1) is 0 Å². The topological polar surface area (TPSA) is 29.1 Å². The minimum atomic E-state index is -0.0177. The molecule has 1 aromatic rings. The van der Waals surface area contributed by atoms with E-state index in [1.807, 2.05) is 37.3 Å². The zero-order chi connectivity index (χ0) is 10.2. The van der Waals surface area contributed by atoms with E-state index in [0.29, 0.717) is 0 Å². The van der Waals surface area contributed by atoms with E-state index in [0.717, 1.165) is 5.69 Å². The average Bonchev–Trinajstić information content (AvgIpc) is 2.20. The van der Waals surface area contributed by atoms with E-state index in [4.69, 9.17) is 0 Å². The Morgan fingerprint density at radius 1 is 1.21 bits per heavy atom. The molecule has 0 saturated carbocycles. The summed E-state index contributed by atoms with van der Waals surface area (Å²) >= 11 is 0. The molecule has 0 atom stereocenters. The van der Waals surface area contributed by atoms with Crippen molar-refractivity contribution in [3.63, 3.8) is 0 Å². The molecule has 0 spiro atoms. The van der Waals surface area contributed by atoms with Crippen LogP contribution in [0.3, 0.4) is 0 Å². The zero-order valence-electron chi connectivity index (χ0n) is 8.10. The number of hydrogen-bond acceptors (Lipinski definition) is 2. The maximum absolute atomic E-state index is 11.0. The molecule has 0 aromatic heterocycles. The van der Waals surface area contributed by atoms with Gasteiger partial charge in [0, 0.05) is 18.0 Å². The fourth-order valence-electron chi connectivity index (χ4n) is 0.974. The van der Waals surface area contributed by atoms with E-state index < -0.39 is 0 Å². The SMILES string of the molecule is C/C=C/C(=O)/C=C/Nc1ccccc1. The fraction of sp³-hybridized carbons (Fsp3) is 0.0833. The minimum absolute atomic E-state index is 0.0177. The molecule has 0 radical (unpaired) electrons. The van der Waals surface area contributed by atoms with Gasteiger partial charge in [0.2, 0.25) is 0 Å². The van der Waals surface area contributed by atoms with Crippen LogP contribution in [0.4, 0.5) is 5.69 Å². The number of allylic oxidation sites excluding steroid dienone is 3. The fourth-order valence-corrected chi connectivity index (χ4v) is 0.974. The van der Waals surface area contributed by atoms with Crippen LogP contribution < -0.4 is 5.32 Å². The van der Waals surface area contributed by atoms with Gasteiger partial charge in [-0.2, -0.15) is 0 Å². The molecule has 2 heteroatoms. The highest BCUT2D eigenvalue weighted by Gasteiger charge is 1.86. The van der Waals surface area contributed by atoms with Crippen LogP contribution in [0.25, 0.3) is 0 Å². The number of rotatable bonds is 4. The summed E-state index contributed by atoms with van der Waals surface area (Å²) in [6.45, 7) is 1.82. The van der Waals surface area contributed by atoms with Crippen molar-refractivity contribution in [3.05, 3.63) is 54.8 Å². The summed E-state index contributed by atoms with van der Waals surface area (Å²) in [6.07, 6.45) is 6.36. The first kappa shape index (κ1) is 10.3. The quantitative estimate of drug-likeness (QED) is 0.734. The van der Waals surface area contributed by atoms with Crippen LogP contribution in [0.5, 0.6) is 0 Å². The predicted molar refractivity (Wildman–Crippen MR) is 59.0 cm³/mol. The zero-order valence-corrected chi connectivity index (χ0v) is 8.10. The van der Waals surface area contributed by atoms with E-state index in [1.165, 1.54) is 12.2 Å². The van der Waals surface area contributed by atoms with Crippen molar-refractivity contribution >= 4 is 11.5 Å². The second-order valence-electron chi connectivity index (χ2n) is 2.75. The van der Waals surface area contributed by atoms with E-state index in [9.17, 15) is 4.79 Å². The normalized spacial score (nSPS) is 10.9. The van der Waals surface area contributed by atoms with Crippen molar-refractivity contribution < 1.29 is 4.79 Å². The molecular weight excluding hydrogens is 174 g/mol. The smallest absolute Gasteiger partial charge is 0.179 e. The molecule has 0 amide bonds. The van der Waals surface area contributed by atoms with Crippen LogP contribution >= 0.6 is 0 Å². The summed E-state index contributed by atoms with van der Waals surface area (Å²) in [7, 11) is 0. The van der Waals surface area contributed by atoms with E-state index >= 15 is 0 Å². The molecule has 2 nitrogen and oxygen atoms in total. The highest BCUT2D eigenvalue weighted by molar-refractivity contribution is 5.99. The summed E-state index contributed by atoms with van der Waals surface area (Å²) < 4.78 is 0. The lowest BCUT2D eigenvalue weighted by molar-refractivity contribution is -0.110. The van der Waals surface area contributed by atoms with Crippen LogP contribution in [-0.4, -0.2) is 5.78 Å². The molecule has 1 aromatic carbocycles. The van der Waals surface area contributed by atoms with Crippen LogP contribution in [0.15, 0.2) is 54.8 Å². The van der Waals surface area contributed by atoms with Gasteiger partial charge in [0.25, 0.3) is 0 Å². The first-order valence-electron chi connectivity index (χ1n) is 4.47. The van der Waals surface area contributed by atoms with Crippen LogP contribution in [0, 0.1) is 0 Å². The van der Waals surface area contributed by atoms with Gasteiger partial charge in [-0.1, -0.05) is 24.3 Å². The lowest BCUT2D eigenvalue weighted by Crippen LogP contribution is -1.90. The van der Waals surface area contributed by atoms with E-state index in [-0.39, 0.29) is 5.78 Å². The number of ketones is 1.